The van der Waals surface area contributed by atoms with E-state index in [-0.39, 0.29) is 5.41 Å². The first-order valence-electron chi connectivity index (χ1n) is 9.77. The number of fused-ring (bicyclic) bond motifs is 6. The Morgan fingerprint density at radius 2 is 1.76 bits per heavy atom. The highest BCUT2D eigenvalue weighted by Gasteiger charge is 2.51. The molecular formula is C22H28O3. The molecule has 2 aliphatic carbocycles. The number of rotatable bonds is 0. The lowest BCUT2D eigenvalue weighted by molar-refractivity contribution is 0.0504. The molecule has 2 aromatic rings. The molecule has 25 heavy (non-hydrogen) atoms. The first-order valence-corrected chi connectivity index (χ1v) is 9.77. The molecule has 3 atom stereocenters. The van der Waals surface area contributed by atoms with Gasteiger partial charge in [-0.3, -0.25) is 0 Å². The zero-order chi connectivity index (χ0) is 17.4. The molecule has 0 radical (unpaired) electrons. The van der Waals surface area contributed by atoms with Gasteiger partial charge < -0.3 is 13.9 Å². The second-order valence-corrected chi connectivity index (χ2v) is 9.33. The van der Waals surface area contributed by atoms with Gasteiger partial charge in [-0.1, -0.05) is 34.1 Å². The van der Waals surface area contributed by atoms with Crippen molar-refractivity contribution in [3.05, 3.63) is 23.5 Å². The summed E-state index contributed by atoms with van der Waals surface area (Å²) in [5.74, 6) is 4.06. The fraction of sp³-hybridized carbons (Fsp3) is 0.636. The Labute approximate surface area is 149 Å². The van der Waals surface area contributed by atoms with E-state index in [1.165, 1.54) is 48.8 Å². The Morgan fingerprint density at radius 3 is 2.56 bits per heavy atom. The summed E-state index contributed by atoms with van der Waals surface area (Å²) >= 11 is 0. The van der Waals surface area contributed by atoms with E-state index < -0.39 is 0 Å². The molecule has 1 aliphatic heterocycles. The van der Waals surface area contributed by atoms with Gasteiger partial charge in [-0.25, -0.2) is 0 Å². The van der Waals surface area contributed by atoms with Crippen molar-refractivity contribution in [2.45, 2.75) is 71.1 Å². The fourth-order valence-electron chi connectivity index (χ4n) is 6.12. The summed E-state index contributed by atoms with van der Waals surface area (Å²) in [7, 11) is 0. The van der Waals surface area contributed by atoms with Crippen molar-refractivity contribution < 1.29 is 13.9 Å². The van der Waals surface area contributed by atoms with Gasteiger partial charge in [0.25, 0.3) is 0 Å². The topological polar surface area (TPSA) is 31.6 Å². The van der Waals surface area contributed by atoms with Crippen LogP contribution in [0, 0.1) is 11.3 Å². The smallest absolute Gasteiger partial charge is 0.231 e. The molecule has 1 saturated carbocycles. The summed E-state index contributed by atoms with van der Waals surface area (Å²) in [5.41, 5.74) is 2.99. The van der Waals surface area contributed by atoms with Crippen LogP contribution in [0.5, 0.6) is 11.5 Å². The maximum Gasteiger partial charge on any atom is 0.231 e. The first kappa shape index (κ1) is 15.6. The molecule has 0 N–H and O–H groups in total. The maximum atomic E-state index is 6.45. The predicted octanol–water partition coefficient (Wildman–Crippen LogP) is 6.14. The second kappa shape index (κ2) is 4.96. The number of hydrogen-bond donors (Lipinski definition) is 0. The summed E-state index contributed by atoms with van der Waals surface area (Å²) in [6.45, 7) is 10.1. The number of furan rings is 1. The summed E-state index contributed by atoms with van der Waals surface area (Å²) < 4.78 is 17.7. The maximum absolute atomic E-state index is 6.45. The minimum atomic E-state index is 0.181. The highest BCUT2D eigenvalue weighted by atomic mass is 16.7. The van der Waals surface area contributed by atoms with Crippen molar-refractivity contribution in [2.75, 3.05) is 6.79 Å². The van der Waals surface area contributed by atoms with Crippen LogP contribution >= 0.6 is 0 Å². The van der Waals surface area contributed by atoms with Gasteiger partial charge in [0.15, 0.2) is 11.5 Å². The Morgan fingerprint density at radius 1 is 1.00 bits per heavy atom. The van der Waals surface area contributed by atoms with Gasteiger partial charge in [0, 0.05) is 22.9 Å². The quantitative estimate of drug-likeness (QED) is 0.577. The van der Waals surface area contributed by atoms with Gasteiger partial charge in [-0.2, -0.15) is 0 Å². The zero-order valence-electron chi connectivity index (χ0n) is 15.8. The Hall–Kier alpha value is -1.64. The Bertz CT molecular complexity index is 847. The lowest BCUT2D eigenvalue weighted by Gasteiger charge is -2.50. The van der Waals surface area contributed by atoms with Crippen molar-refractivity contribution in [1.82, 2.24) is 0 Å². The average Bonchev–Trinajstić information content (AvgIpc) is 3.11. The summed E-state index contributed by atoms with van der Waals surface area (Å²) in [4.78, 5) is 0. The third kappa shape index (κ3) is 2.04. The fourth-order valence-corrected chi connectivity index (χ4v) is 6.12. The minimum absolute atomic E-state index is 0.181. The van der Waals surface area contributed by atoms with Crippen LogP contribution in [-0.2, 0) is 5.41 Å². The second-order valence-electron chi connectivity index (χ2n) is 9.33. The Kier molecular flexibility index (Phi) is 3.09. The van der Waals surface area contributed by atoms with E-state index in [1.807, 2.05) is 6.07 Å². The molecule has 134 valence electrons. The monoisotopic (exact) mass is 340 g/mol. The van der Waals surface area contributed by atoms with Crippen LogP contribution in [0.4, 0.5) is 0 Å². The molecule has 0 spiro atoms. The Balaban J connectivity index is 1.79. The SMILES string of the molecule is C[C@H]1CC[C@H]2C(C)(C)CCC[C@]2(C)c2c1oc1cc3c(cc21)OCO3. The third-order valence-corrected chi connectivity index (χ3v) is 7.35. The van der Waals surface area contributed by atoms with Crippen molar-refractivity contribution >= 4 is 11.0 Å². The van der Waals surface area contributed by atoms with Crippen LogP contribution in [0.1, 0.15) is 77.0 Å². The molecule has 3 nitrogen and oxygen atoms in total. The largest absolute Gasteiger partial charge is 0.460 e. The van der Waals surface area contributed by atoms with Gasteiger partial charge in [-0.05, 0) is 48.5 Å². The van der Waals surface area contributed by atoms with Gasteiger partial charge in [0.05, 0.1) is 0 Å². The third-order valence-electron chi connectivity index (χ3n) is 7.35. The summed E-state index contributed by atoms with van der Waals surface area (Å²) in [6, 6.07) is 4.20. The van der Waals surface area contributed by atoms with Crippen molar-refractivity contribution in [1.29, 1.82) is 0 Å². The van der Waals surface area contributed by atoms with Gasteiger partial charge in [0.1, 0.15) is 11.3 Å². The average molecular weight is 340 g/mol. The van der Waals surface area contributed by atoms with Crippen molar-refractivity contribution in [3.63, 3.8) is 0 Å². The van der Waals surface area contributed by atoms with Crippen LogP contribution in [0.3, 0.4) is 0 Å². The van der Waals surface area contributed by atoms with Crippen LogP contribution in [-0.4, -0.2) is 6.79 Å². The molecule has 1 aromatic heterocycles. The van der Waals surface area contributed by atoms with Crippen LogP contribution in [0.2, 0.25) is 0 Å². The van der Waals surface area contributed by atoms with Crippen molar-refractivity contribution in [3.8, 4) is 11.5 Å². The number of ether oxygens (including phenoxy) is 2. The highest BCUT2D eigenvalue weighted by Crippen LogP contribution is 2.60. The molecule has 1 aromatic carbocycles. The van der Waals surface area contributed by atoms with E-state index >= 15 is 0 Å². The van der Waals surface area contributed by atoms with Crippen LogP contribution < -0.4 is 9.47 Å². The molecule has 1 fully saturated rings. The standard InChI is InChI=1S/C22H28O3/c1-13-6-7-18-21(2,3)8-5-9-22(18,4)19-14-10-16-17(24-12-23-16)11-15(14)25-20(13)19/h10-11,13,18H,5-9,12H2,1-4H3/t13-,18-,22-/m0/s1. The van der Waals surface area contributed by atoms with E-state index in [0.717, 1.165) is 17.1 Å². The molecule has 0 bridgehead atoms. The molecule has 0 amide bonds. The van der Waals surface area contributed by atoms with E-state index in [2.05, 4.69) is 33.8 Å². The lowest BCUT2D eigenvalue weighted by atomic mass is 9.53. The number of benzene rings is 1. The molecule has 3 heteroatoms. The summed E-state index contributed by atoms with van der Waals surface area (Å²) in [6.07, 6.45) is 6.39. The molecule has 0 saturated heterocycles. The van der Waals surface area contributed by atoms with Gasteiger partial charge in [0.2, 0.25) is 6.79 Å². The van der Waals surface area contributed by atoms with E-state index in [1.54, 1.807) is 0 Å². The number of hydrogen-bond acceptors (Lipinski definition) is 3. The first-order chi connectivity index (χ1) is 11.9. The highest BCUT2D eigenvalue weighted by molar-refractivity contribution is 5.87. The van der Waals surface area contributed by atoms with E-state index in [9.17, 15) is 0 Å². The van der Waals surface area contributed by atoms with Gasteiger partial charge in [-0.15, -0.1) is 0 Å². The predicted molar refractivity (Wildman–Crippen MR) is 98.5 cm³/mol. The zero-order valence-corrected chi connectivity index (χ0v) is 15.8. The van der Waals surface area contributed by atoms with Gasteiger partial charge >= 0.3 is 0 Å². The minimum Gasteiger partial charge on any atom is -0.460 e. The molecule has 3 aliphatic rings. The van der Waals surface area contributed by atoms with E-state index in [0.29, 0.717) is 24.0 Å². The molecule has 0 unspecified atom stereocenters. The molecular weight excluding hydrogens is 312 g/mol. The normalized spacial score (nSPS) is 33.0. The van der Waals surface area contributed by atoms with Crippen LogP contribution in [0.25, 0.3) is 11.0 Å². The molecule has 2 heterocycles. The van der Waals surface area contributed by atoms with Crippen molar-refractivity contribution in [2.24, 2.45) is 11.3 Å². The van der Waals surface area contributed by atoms with Crippen LogP contribution in [0.15, 0.2) is 16.5 Å². The summed E-state index contributed by atoms with van der Waals surface area (Å²) in [5, 5.41) is 1.25. The molecule has 5 rings (SSSR count). The lowest BCUT2D eigenvalue weighted by Crippen LogP contribution is -2.44. The van der Waals surface area contributed by atoms with E-state index in [4.69, 9.17) is 13.9 Å².